The lowest BCUT2D eigenvalue weighted by Gasteiger charge is -2.13. The molecule has 6 nitrogen and oxygen atoms in total. The monoisotopic (exact) mass is 363 g/mol. The van der Waals surface area contributed by atoms with Crippen molar-refractivity contribution in [2.75, 3.05) is 13.7 Å². The molecular weight excluding hydrogens is 334 g/mol. The number of hydrogen-bond donors (Lipinski definition) is 0. The predicted octanol–water partition coefficient (Wildman–Crippen LogP) is 3.56. The number of carbonyl (C=O) groups excluding carboxylic acids is 4. The Labute approximate surface area is 155 Å². The molecule has 0 radical (unpaired) electrons. The number of carbonyl (C=O) groups is 4. The third-order valence-corrected chi connectivity index (χ3v) is 3.41. The van der Waals surface area contributed by atoms with Crippen LogP contribution in [0.2, 0.25) is 0 Å². The molecule has 0 unspecified atom stereocenters. The molecule has 1 aromatic carbocycles. The topological polar surface area (TPSA) is 80.8 Å². The number of aryl methyl sites for hydroxylation is 1. The van der Waals surface area contributed by atoms with Gasteiger partial charge >= 0.3 is 5.97 Å². The van der Waals surface area contributed by atoms with Crippen LogP contribution in [0.4, 0.5) is 0 Å². The molecule has 2 amide bonds. The zero-order chi connectivity index (χ0) is 20.3. The second kappa shape index (κ2) is 12.0. The molecule has 1 heterocycles. The van der Waals surface area contributed by atoms with E-state index in [1.807, 2.05) is 13.8 Å². The molecule has 0 aromatic heterocycles. The fourth-order valence-corrected chi connectivity index (χ4v) is 2.21. The highest BCUT2D eigenvalue weighted by Crippen LogP contribution is 2.16. The van der Waals surface area contributed by atoms with Gasteiger partial charge in [0.25, 0.3) is 0 Å². The average molecular weight is 363 g/mol. The first-order valence-corrected chi connectivity index (χ1v) is 8.91. The van der Waals surface area contributed by atoms with Gasteiger partial charge < -0.3 is 4.74 Å². The molecule has 0 atom stereocenters. The molecule has 1 aliphatic rings. The largest absolute Gasteiger partial charge is 0.465 e. The molecule has 0 saturated carbocycles. The van der Waals surface area contributed by atoms with Gasteiger partial charge in [-0.15, -0.1) is 0 Å². The lowest BCUT2D eigenvalue weighted by atomic mass is 10.0. The van der Waals surface area contributed by atoms with Crippen LogP contribution in [0.25, 0.3) is 0 Å². The van der Waals surface area contributed by atoms with Gasteiger partial charge in [0.1, 0.15) is 0 Å². The number of ketones is 1. The highest BCUT2D eigenvalue weighted by Gasteiger charge is 2.30. The van der Waals surface area contributed by atoms with Gasteiger partial charge in [0.05, 0.1) is 19.2 Å². The Morgan fingerprint density at radius 3 is 2.00 bits per heavy atom. The molecule has 1 aliphatic heterocycles. The van der Waals surface area contributed by atoms with Crippen LogP contribution in [0.3, 0.4) is 0 Å². The minimum Gasteiger partial charge on any atom is -0.465 e. The zero-order valence-electron chi connectivity index (χ0n) is 16.5. The number of imide groups is 1. The third-order valence-electron chi connectivity index (χ3n) is 3.41. The van der Waals surface area contributed by atoms with E-state index in [-0.39, 0.29) is 37.0 Å². The number of rotatable bonds is 4. The summed E-state index contributed by atoms with van der Waals surface area (Å²) in [5.74, 6) is -1.46. The molecule has 2 rings (SSSR count). The predicted molar refractivity (Wildman–Crippen MR) is 100 cm³/mol. The molecule has 1 saturated heterocycles. The van der Waals surface area contributed by atoms with E-state index in [0.717, 1.165) is 4.90 Å². The summed E-state index contributed by atoms with van der Waals surface area (Å²) in [6, 6.07) is 4.55. The van der Waals surface area contributed by atoms with E-state index in [2.05, 4.69) is 18.6 Å². The summed E-state index contributed by atoms with van der Waals surface area (Å²) in [5, 5.41) is 0. The lowest BCUT2D eigenvalue weighted by molar-refractivity contribution is -0.137. The normalized spacial score (nSPS) is 12.6. The van der Waals surface area contributed by atoms with Gasteiger partial charge in [-0.3, -0.25) is 19.3 Å². The van der Waals surface area contributed by atoms with Crippen LogP contribution < -0.4 is 0 Å². The van der Waals surface area contributed by atoms with Gasteiger partial charge in [0.2, 0.25) is 11.8 Å². The van der Waals surface area contributed by atoms with Crippen molar-refractivity contribution < 1.29 is 23.9 Å². The van der Waals surface area contributed by atoms with Crippen molar-refractivity contribution >= 4 is 23.6 Å². The number of esters is 1. The van der Waals surface area contributed by atoms with Crippen LogP contribution >= 0.6 is 0 Å². The minimum atomic E-state index is -0.476. The van der Waals surface area contributed by atoms with Crippen molar-refractivity contribution in [2.24, 2.45) is 0 Å². The molecule has 0 N–H and O–H groups in total. The van der Waals surface area contributed by atoms with Crippen LogP contribution in [0, 0.1) is 6.92 Å². The van der Waals surface area contributed by atoms with E-state index in [9.17, 15) is 19.2 Å². The standard InChI is InChI=1S/C15H15NO5.C3H8.C2H6/c1-9-7-10(3-4-11(9)15(20)21-2)12(17)8-16-13(18)5-6-14(16)19;1-3-2;1-2/h3-4,7H,5-6,8H2,1-2H3;3H2,1-2H3;1-2H3. The van der Waals surface area contributed by atoms with E-state index < -0.39 is 5.97 Å². The smallest absolute Gasteiger partial charge is 0.338 e. The van der Waals surface area contributed by atoms with Crippen LogP contribution in [0.15, 0.2) is 18.2 Å². The lowest BCUT2D eigenvalue weighted by Crippen LogP contribution is -2.34. The Bertz CT molecular complexity index is 636. The Hall–Kier alpha value is -2.50. The molecule has 26 heavy (non-hydrogen) atoms. The van der Waals surface area contributed by atoms with Gasteiger partial charge in [0, 0.05) is 18.4 Å². The van der Waals surface area contributed by atoms with Crippen molar-refractivity contribution in [1.82, 2.24) is 4.90 Å². The number of Topliss-reactive ketones (excluding diaryl/α,β-unsaturated/α-hetero) is 1. The minimum absolute atomic E-state index is 0.159. The third kappa shape index (κ3) is 6.43. The number of methoxy groups -OCH3 is 1. The molecule has 1 fully saturated rings. The Morgan fingerprint density at radius 1 is 1.08 bits per heavy atom. The number of amides is 2. The summed E-state index contributed by atoms with van der Waals surface area (Å²) in [6.07, 6.45) is 1.57. The Kier molecular flexibility index (Phi) is 10.8. The maximum absolute atomic E-state index is 12.1. The molecule has 0 bridgehead atoms. The highest BCUT2D eigenvalue weighted by atomic mass is 16.5. The first-order valence-electron chi connectivity index (χ1n) is 8.91. The summed E-state index contributed by atoms with van der Waals surface area (Å²) in [7, 11) is 1.28. The molecule has 0 spiro atoms. The van der Waals surface area contributed by atoms with Gasteiger partial charge in [-0.25, -0.2) is 4.79 Å². The summed E-state index contributed by atoms with van der Waals surface area (Å²) in [6.45, 7) is 9.68. The first kappa shape index (κ1) is 23.5. The molecule has 144 valence electrons. The quantitative estimate of drug-likeness (QED) is 0.464. The van der Waals surface area contributed by atoms with Gasteiger partial charge in [-0.05, 0) is 24.6 Å². The van der Waals surface area contributed by atoms with E-state index in [0.29, 0.717) is 16.7 Å². The fourth-order valence-electron chi connectivity index (χ4n) is 2.21. The Balaban J connectivity index is 0.00000113. The summed E-state index contributed by atoms with van der Waals surface area (Å²) in [5.41, 5.74) is 1.34. The van der Waals surface area contributed by atoms with E-state index in [1.54, 1.807) is 13.0 Å². The van der Waals surface area contributed by atoms with Crippen LogP contribution in [0.1, 0.15) is 73.2 Å². The van der Waals surface area contributed by atoms with Crippen LogP contribution in [-0.2, 0) is 14.3 Å². The second-order valence-corrected chi connectivity index (χ2v) is 5.53. The van der Waals surface area contributed by atoms with Gasteiger partial charge in [-0.1, -0.05) is 40.2 Å². The summed E-state index contributed by atoms with van der Waals surface area (Å²) in [4.78, 5) is 47.6. The molecular formula is C20H29NO5. The van der Waals surface area contributed by atoms with Crippen LogP contribution in [-0.4, -0.2) is 42.1 Å². The number of hydrogen-bond acceptors (Lipinski definition) is 5. The van der Waals surface area contributed by atoms with E-state index in [4.69, 9.17) is 0 Å². The molecule has 1 aromatic rings. The SMILES string of the molecule is CC.CCC.COC(=O)c1ccc(C(=O)CN2C(=O)CCC2=O)cc1C. The summed E-state index contributed by atoms with van der Waals surface area (Å²) < 4.78 is 4.63. The number of benzene rings is 1. The maximum atomic E-state index is 12.1. The van der Waals surface area contributed by atoms with Crippen molar-refractivity contribution in [3.05, 3.63) is 34.9 Å². The van der Waals surface area contributed by atoms with Crippen molar-refractivity contribution in [3.63, 3.8) is 0 Å². The average Bonchev–Trinajstić information content (AvgIpc) is 2.95. The number of ether oxygens (including phenoxy) is 1. The van der Waals surface area contributed by atoms with E-state index in [1.165, 1.54) is 25.7 Å². The van der Waals surface area contributed by atoms with Gasteiger partial charge in [0.15, 0.2) is 5.78 Å². The summed E-state index contributed by atoms with van der Waals surface area (Å²) >= 11 is 0. The zero-order valence-corrected chi connectivity index (χ0v) is 16.5. The Morgan fingerprint density at radius 2 is 1.58 bits per heavy atom. The maximum Gasteiger partial charge on any atom is 0.338 e. The van der Waals surface area contributed by atoms with Crippen molar-refractivity contribution in [2.45, 2.75) is 53.9 Å². The van der Waals surface area contributed by atoms with Crippen molar-refractivity contribution in [1.29, 1.82) is 0 Å². The molecule has 6 heteroatoms. The van der Waals surface area contributed by atoms with Gasteiger partial charge in [-0.2, -0.15) is 0 Å². The second-order valence-electron chi connectivity index (χ2n) is 5.53. The molecule has 0 aliphatic carbocycles. The first-order chi connectivity index (χ1) is 12.3. The fraction of sp³-hybridized carbons (Fsp3) is 0.500. The number of nitrogens with zero attached hydrogens (tertiary/aromatic N) is 1. The van der Waals surface area contributed by atoms with E-state index >= 15 is 0 Å². The highest BCUT2D eigenvalue weighted by molar-refractivity contribution is 6.08. The van der Waals surface area contributed by atoms with Crippen LogP contribution in [0.5, 0.6) is 0 Å². The van der Waals surface area contributed by atoms with Crippen molar-refractivity contribution in [3.8, 4) is 0 Å². The number of likely N-dealkylation sites (tertiary alicyclic amines) is 1.